The van der Waals surface area contributed by atoms with Crippen LogP contribution in [-0.2, 0) is 17.6 Å². The van der Waals surface area contributed by atoms with Crippen molar-refractivity contribution in [1.82, 2.24) is 0 Å². The number of hydrogen-bond donors (Lipinski definition) is 1. The fourth-order valence-corrected chi connectivity index (χ4v) is 4.99. The molecule has 2 aromatic rings. The number of benzene rings is 1. The molecule has 0 radical (unpaired) electrons. The highest BCUT2D eigenvalue weighted by molar-refractivity contribution is 7.16. The number of thiophene rings is 1. The summed E-state index contributed by atoms with van der Waals surface area (Å²) in [5.41, 5.74) is 2.00. The van der Waals surface area contributed by atoms with Gasteiger partial charge in [0.25, 0.3) is 5.91 Å². The third kappa shape index (κ3) is 4.39. The van der Waals surface area contributed by atoms with Crippen LogP contribution in [0.4, 0.5) is 5.00 Å². The zero-order chi connectivity index (χ0) is 20.3. The predicted octanol–water partition coefficient (Wildman–Crippen LogP) is 5.57. The van der Waals surface area contributed by atoms with E-state index in [2.05, 4.69) is 32.2 Å². The maximum atomic E-state index is 12.8. The first-order chi connectivity index (χ1) is 13.3. The molecule has 1 aliphatic carbocycles. The highest BCUT2D eigenvalue weighted by Crippen LogP contribution is 2.44. The van der Waals surface area contributed by atoms with Gasteiger partial charge < -0.3 is 10.1 Å². The minimum Gasteiger partial charge on any atom is -0.481 e. The first kappa shape index (κ1) is 20.4. The van der Waals surface area contributed by atoms with Crippen LogP contribution in [0.25, 0.3) is 0 Å². The number of fused-ring (bicyclic) bond motifs is 1. The molecule has 1 N–H and O–H groups in total. The van der Waals surface area contributed by atoms with Gasteiger partial charge in [-0.15, -0.1) is 11.3 Å². The van der Waals surface area contributed by atoms with Crippen molar-refractivity contribution < 1.29 is 9.53 Å². The van der Waals surface area contributed by atoms with Crippen LogP contribution in [0.2, 0.25) is 0 Å². The molecule has 1 amide bonds. The lowest BCUT2D eigenvalue weighted by atomic mass is 9.72. The van der Waals surface area contributed by atoms with Gasteiger partial charge in [-0.05, 0) is 54.7 Å². The van der Waals surface area contributed by atoms with Gasteiger partial charge in [-0.1, -0.05) is 45.9 Å². The average molecular weight is 397 g/mol. The van der Waals surface area contributed by atoms with Gasteiger partial charge in [-0.3, -0.25) is 4.79 Å². The highest BCUT2D eigenvalue weighted by atomic mass is 32.1. The third-order valence-corrected chi connectivity index (χ3v) is 6.69. The first-order valence-electron chi connectivity index (χ1n) is 9.90. The summed E-state index contributed by atoms with van der Waals surface area (Å²) < 4.78 is 5.84. The number of nitrogens with zero attached hydrogens (tertiary/aromatic N) is 1. The Balaban J connectivity index is 1.78. The Bertz CT molecular complexity index is 874. The van der Waals surface area contributed by atoms with Crippen molar-refractivity contribution in [2.75, 3.05) is 5.32 Å². The number of rotatable bonds is 5. The molecule has 3 rings (SSSR count). The van der Waals surface area contributed by atoms with Crippen molar-refractivity contribution in [3.8, 4) is 11.8 Å². The van der Waals surface area contributed by atoms with E-state index in [1.54, 1.807) is 11.3 Å². The molecule has 148 valence electrons. The van der Waals surface area contributed by atoms with E-state index in [1.807, 2.05) is 37.3 Å². The normalized spacial score (nSPS) is 17.3. The molecule has 4 nitrogen and oxygen atoms in total. The summed E-state index contributed by atoms with van der Waals surface area (Å²) in [6.45, 7) is 8.75. The van der Waals surface area contributed by atoms with E-state index in [0.717, 1.165) is 24.8 Å². The monoisotopic (exact) mass is 396 g/mol. The van der Waals surface area contributed by atoms with Crippen molar-refractivity contribution >= 4 is 22.2 Å². The Labute approximate surface area is 171 Å². The Morgan fingerprint density at radius 3 is 2.68 bits per heavy atom. The lowest BCUT2D eigenvalue weighted by Gasteiger charge is -2.33. The van der Waals surface area contributed by atoms with Crippen LogP contribution in [0, 0.1) is 22.7 Å². The topological polar surface area (TPSA) is 62.1 Å². The van der Waals surface area contributed by atoms with E-state index in [4.69, 9.17) is 4.74 Å². The van der Waals surface area contributed by atoms with Crippen molar-refractivity contribution in [3.05, 3.63) is 46.3 Å². The molecule has 0 saturated carbocycles. The highest BCUT2D eigenvalue weighted by Gasteiger charge is 2.32. The molecule has 1 aliphatic rings. The summed E-state index contributed by atoms with van der Waals surface area (Å²) in [7, 11) is 0. The molecule has 2 atom stereocenters. The van der Waals surface area contributed by atoms with Crippen LogP contribution in [0.15, 0.2) is 30.3 Å². The van der Waals surface area contributed by atoms with Gasteiger partial charge in [0, 0.05) is 4.88 Å². The molecule has 0 unspecified atom stereocenters. The summed E-state index contributed by atoms with van der Waals surface area (Å²) in [4.78, 5) is 14.1. The molecular formula is C23H28N2O2S. The summed E-state index contributed by atoms with van der Waals surface area (Å²) in [6, 6.07) is 11.7. The summed E-state index contributed by atoms with van der Waals surface area (Å²) in [5, 5.41) is 13.4. The Kier molecular flexibility index (Phi) is 6.10. The Morgan fingerprint density at radius 1 is 1.36 bits per heavy atom. The summed E-state index contributed by atoms with van der Waals surface area (Å²) in [6.07, 6.45) is 2.94. The number of anilines is 1. The minimum absolute atomic E-state index is 0.200. The summed E-state index contributed by atoms with van der Waals surface area (Å²) >= 11 is 1.56. The molecule has 1 aromatic heterocycles. The number of carbonyl (C=O) groups is 1. The molecule has 5 heteroatoms. The van der Waals surface area contributed by atoms with Crippen molar-refractivity contribution in [2.45, 2.75) is 59.5 Å². The number of para-hydroxylation sites is 1. The Hall–Kier alpha value is -2.32. The first-order valence-corrected chi connectivity index (χ1v) is 10.7. The molecule has 1 heterocycles. The molecule has 0 saturated heterocycles. The Morgan fingerprint density at radius 2 is 2.07 bits per heavy atom. The zero-order valence-electron chi connectivity index (χ0n) is 17.0. The van der Waals surface area contributed by atoms with Crippen molar-refractivity contribution in [2.24, 2.45) is 11.3 Å². The second kappa shape index (κ2) is 8.36. The average Bonchev–Trinajstić information content (AvgIpc) is 3.02. The van der Waals surface area contributed by atoms with Gasteiger partial charge in [0.05, 0.1) is 5.56 Å². The molecule has 0 spiro atoms. The second-order valence-electron chi connectivity index (χ2n) is 8.44. The van der Waals surface area contributed by atoms with Gasteiger partial charge in [0.15, 0.2) is 6.10 Å². The van der Waals surface area contributed by atoms with Crippen molar-refractivity contribution in [3.63, 3.8) is 0 Å². The number of nitriles is 1. The van der Waals surface area contributed by atoms with Gasteiger partial charge >= 0.3 is 0 Å². The minimum atomic E-state index is -0.588. The lowest BCUT2D eigenvalue weighted by Crippen LogP contribution is -2.32. The van der Waals surface area contributed by atoms with E-state index in [1.165, 1.54) is 4.88 Å². The van der Waals surface area contributed by atoms with E-state index < -0.39 is 6.10 Å². The molecule has 0 bridgehead atoms. The fraction of sp³-hybridized carbons (Fsp3) is 0.478. The second-order valence-corrected chi connectivity index (χ2v) is 9.55. The molecular weight excluding hydrogens is 368 g/mol. The predicted molar refractivity (Wildman–Crippen MR) is 114 cm³/mol. The number of nitrogens with one attached hydrogen (secondary N) is 1. The maximum absolute atomic E-state index is 12.8. The van der Waals surface area contributed by atoms with E-state index in [9.17, 15) is 10.1 Å². The quantitative estimate of drug-likeness (QED) is 0.719. The van der Waals surface area contributed by atoms with Crippen LogP contribution in [-0.4, -0.2) is 12.0 Å². The van der Waals surface area contributed by atoms with Crippen LogP contribution < -0.4 is 10.1 Å². The molecule has 1 aromatic carbocycles. The standard InChI is InChI=1S/C23H28N2O2S/c1-5-19(27-16-9-7-6-8-10-16)21(26)25-22-18(14-24)17-12-11-15(23(2,3)4)13-20(17)28-22/h6-10,15,19H,5,11-13H2,1-4H3,(H,25,26)/t15-,19+/m1/s1. The smallest absolute Gasteiger partial charge is 0.266 e. The number of carbonyl (C=O) groups excluding carboxylic acids is 1. The van der Waals surface area contributed by atoms with Gasteiger partial charge in [-0.2, -0.15) is 5.26 Å². The zero-order valence-corrected chi connectivity index (χ0v) is 17.9. The van der Waals surface area contributed by atoms with Gasteiger partial charge in [0.2, 0.25) is 0 Å². The molecule has 28 heavy (non-hydrogen) atoms. The molecule has 0 aliphatic heterocycles. The van der Waals surface area contributed by atoms with Gasteiger partial charge in [-0.25, -0.2) is 0 Å². The van der Waals surface area contributed by atoms with Gasteiger partial charge in [0.1, 0.15) is 16.8 Å². The van der Waals surface area contributed by atoms with E-state index in [-0.39, 0.29) is 11.3 Å². The maximum Gasteiger partial charge on any atom is 0.266 e. The largest absolute Gasteiger partial charge is 0.481 e. The van der Waals surface area contributed by atoms with E-state index in [0.29, 0.717) is 28.7 Å². The SMILES string of the molecule is CC[C@H](Oc1ccccc1)C(=O)Nc1sc2c(c1C#N)CC[C@@H](C(C)(C)C)C2. The number of hydrogen-bond acceptors (Lipinski definition) is 4. The van der Waals surface area contributed by atoms with E-state index >= 15 is 0 Å². The van der Waals surface area contributed by atoms with Crippen LogP contribution in [0.5, 0.6) is 5.75 Å². The summed E-state index contributed by atoms with van der Waals surface area (Å²) in [5.74, 6) is 1.07. The lowest BCUT2D eigenvalue weighted by molar-refractivity contribution is -0.122. The number of ether oxygens (including phenoxy) is 1. The number of amides is 1. The van der Waals surface area contributed by atoms with Crippen LogP contribution >= 0.6 is 11.3 Å². The molecule has 0 fully saturated rings. The third-order valence-electron chi connectivity index (χ3n) is 5.52. The fourth-order valence-electron chi connectivity index (χ4n) is 3.71. The van der Waals surface area contributed by atoms with Crippen molar-refractivity contribution in [1.29, 1.82) is 5.26 Å². The van der Waals surface area contributed by atoms with Crippen LogP contribution in [0.3, 0.4) is 0 Å². The van der Waals surface area contributed by atoms with Crippen LogP contribution in [0.1, 0.15) is 56.5 Å².